The van der Waals surface area contributed by atoms with Crippen molar-refractivity contribution in [3.05, 3.63) is 46.2 Å². The van der Waals surface area contributed by atoms with Crippen LogP contribution in [0.5, 0.6) is 0 Å². The van der Waals surface area contributed by atoms with E-state index in [1.807, 2.05) is 32.0 Å². The Bertz CT molecular complexity index is 644. The summed E-state index contributed by atoms with van der Waals surface area (Å²) in [5.41, 5.74) is 1.53. The van der Waals surface area contributed by atoms with Crippen molar-refractivity contribution >= 4 is 17.4 Å². The first-order valence-electron chi connectivity index (χ1n) is 7.04. The molecule has 0 aliphatic rings. The Hall–Kier alpha value is -1.86. The minimum Gasteiger partial charge on any atom is -0.349 e. The number of carbonyl (C=O) groups excluding carboxylic acids is 1. The van der Waals surface area contributed by atoms with E-state index in [0.717, 1.165) is 17.1 Å². The normalized spacial score (nSPS) is 12.4. The van der Waals surface area contributed by atoms with Gasteiger partial charge in [0.25, 0.3) is 5.91 Å². The first-order valence-corrected chi connectivity index (χ1v) is 7.81. The van der Waals surface area contributed by atoms with Gasteiger partial charge in [-0.3, -0.25) is 4.79 Å². The number of hydrogen-bond donors (Lipinski definition) is 1. The summed E-state index contributed by atoms with van der Waals surface area (Å²) in [4.78, 5) is 14.7. The molecule has 0 spiro atoms. The summed E-state index contributed by atoms with van der Waals surface area (Å²) in [6, 6.07) is 6.32. The number of likely N-dealkylation sites (N-methyl/N-ethyl adjacent to an activating group) is 1. The molecule has 0 fully saturated rings. The van der Waals surface area contributed by atoms with E-state index in [0.29, 0.717) is 23.5 Å². The van der Waals surface area contributed by atoms with Crippen molar-refractivity contribution < 1.29 is 9.18 Å². The Balaban J connectivity index is 2.08. The second-order valence-corrected chi connectivity index (χ2v) is 5.90. The molecule has 0 saturated carbocycles. The van der Waals surface area contributed by atoms with Crippen molar-refractivity contribution in [3.8, 4) is 0 Å². The summed E-state index contributed by atoms with van der Waals surface area (Å²) in [5, 5.41) is 6.82. The van der Waals surface area contributed by atoms with Crippen molar-refractivity contribution in [1.29, 1.82) is 0 Å². The summed E-state index contributed by atoms with van der Waals surface area (Å²) in [7, 11) is 3.79. The van der Waals surface area contributed by atoms with E-state index in [1.54, 1.807) is 6.07 Å². The molecular weight excluding hydrogens is 303 g/mol. The van der Waals surface area contributed by atoms with Gasteiger partial charge in [-0.2, -0.15) is 0 Å². The van der Waals surface area contributed by atoms with Crippen LogP contribution in [0.2, 0.25) is 0 Å². The molecule has 1 N–H and O–H groups in total. The van der Waals surface area contributed by atoms with Gasteiger partial charge in [-0.15, -0.1) is 5.10 Å². The molecule has 0 radical (unpaired) electrons. The number of carbonyl (C=O) groups is 1. The molecule has 0 unspecified atom stereocenters. The zero-order chi connectivity index (χ0) is 16.1. The Morgan fingerprint density at radius 2 is 2.23 bits per heavy atom. The minimum absolute atomic E-state index is 0.106. The molecule has 0 saturated heterocycles. The van der Waals surface area contributed by atoms with Crippen molar-refractivity contribution in [3.63, 3.8) is 0 Å². The third-order valence-electron chi connectivity index (χ3n) is 3.41. The lowest BCUT2D eigenvalue weighted by Gasteiger charge is -2.25. The van der Waals surface area contributed by atoms with Crippen LogP contribution in [0.15, 0.2) is 24.3 Å². The fourth-order valence-corrected chi connectivity index (χ4v) is 2.86. The zero-order valence-corrected chi connectivity index (χ0v) is 13.7. The highest BCUT2D eigenvalue weighted by atomic mass is 32.1. The molecule has 2 aromatic rings. The number of nitrogens with one attached hydrogen (secondary N) is 1. The number of hydrogen-bond acceptors (Lipinski definition) is 5. The van der Waals surface area contributed by atoms with Crippen LogP contribution < -0.4 is 5.32 Å². The molecule has 2 rings (SSSR count). The van der Waals surface area contributed by atoms with E-state index in [9.17, 15) is 9.18 Å². The molecule has 1 heterocycles. The molecule has 22 heavy (non-hydrogen) atoms. The average molecular weight is 322 g/mol. The van der Waals surface area contributed by atoms with Crippen LogP contribution >= 0.6 is 11.5 Å². The van der Waals surface area contributed by atoms with E-state index >= 15 is 0 Å². The maximum Gasteiger partial charge on any atom is 0.265 e. The highest BCUT2D eigenvalue weighted by molar-refractivity contribution is 7.08. The van der Waals surface area contributed by atoms with Crippen molar-refractivity contribution in [2.45, 2.75) is 19.4 Å². The molecule has 5 nitrogen and oxygen atoms in total. The molecule has 7 heteroatoms. The molecule has 1 aromatic heterocycles. The third kappa shape index (κ3) is 3.86. The number of amides is 1. The highest BCUT2D eigenvalue weighted by Gasteiger charge is 2.19. The van der Waals surface area contributed by atoms with Gasteiger partial charge < -0.3 is 10.2 Å². The van der Waals surface area contributed by atoms with Crippen molar-refractivity contribution in [2.24, 2.45) is 0 Å². The number of aromatic nitrogens is 2. The van der Waals surface area contributed by atoms with Gasteiger partial charge in [0.05, 0.1) is 11.7 Å². The molecule has 0 bridgehead atoms. The fourth-order valence-electron chi connectivity index (χ4n) is 2.19. The summed E-state index contributed by atoms with van der Waals surface area (Å²) >= 11 is 1.09. The zero-order valence-electron chi connectivity index (χ0n) is 12.8. The number of rotatable bonds is 6. The minimum atomic E-state index is -0.282. The average Bonchev–Trinajstić information content (AvgIpc) is 2.95. The molecule has 1 atom stereocenters. The van der Waals surface area contributed by atoms with Crippen LogP contribution in [-0.4, -0.2) is 41.0 Å². The number of benzene rings is 1. The lowest BCUT2D eigenvalue weighted by molar-refractivity contribution is 0.0945. The van der Waals surface area contributed by atoms with Crippen LogP contribution in [0.25, 0.3) is 0 Å². The molecule has 1 amide bonds. The smallest absolute Gasteiger partial charge is 0.265 e. The highest BCUT2D eigenvalue weighted by Crippen LogP contribution is 2.19. The number of halogens is 1. The Labute approximate surface area is 133 Å². The van der Waals surface area contributed by atoms with Gasteiger partial charge in [0.2, 0.25) is 0 Å². The van der Waals surface area contributed by atoms with E-state index < -0.39 is 0 Å². The van der Waals surface area contributed by atoms with Crippen LogP contribution in [0.3, 0.4) is 0 Å². The first-order chi connectivity index (χ1) is 10.5. The van der Waals surface area contributed by atoms with Crippen LogP contribution in [0.4, 0.5) is 4.39 Å². The van der Waals surface area contributed by atoms with Crippen LogP contribution in [0.1, 0.15) is 33.9 Å². The summed E-state index contributed by atoms with van der Waals surface area (Å²) in [6.07, 6.45) is 0.667. The Morgan fingerprint density at radius 3 is 2.86 bits per heavy atom. The van der Waals surface area contributed by atoms with E-state index in [1.165, 1.54) is 12.1 Å². The molecule has 0 aliphatic heterocycles. The van der Waals surface area contributed by atoms with Crippen LogP contribution in [0, 0.1) is 5.82 Å². The standard InChI is InChI=1S/C15H19FN4OS/c1-4-12-14(22-19-18-12)15(21)17-9-13(20(2)3)10-6-5-7-11(16)8-10/h5-8,13H,4,9H2,1-3H3,(H,17,21)/t13-/m0/s1. The lowest BCUT2D eigenvalue weighted by atomic mass is 10.1. The Morgan fingerprint density at radius 1 is 1.45 bits per heavy atom. The SMILES string of the molecule is CCc1nnsc1C(=O)NC[C@@H](c1cccc(F)c1)N(C)C. The number of aryl methyl sites for hydroxylation is 1. The summed E-state index contributed by atoms with van der Waals surface area (Å²) < 4.78 is 17.2. The topological polar surface area (TPSA) is 58.1 Å². The molecule has 1 aromatic carbocycles. The predicted octanol–water partition coefficient (Wildman–Crippen LogP) is 2.27. The maximum atomic E-state index is 13.4. The largest absolute Gasteiger partial charge is 0.349 e. The van der Waals surface area contributed by atoms with E-state index in [2.05, 4.69) is 14.9 Å². The van der Waals surface area contributed by atoms with Gasteiger partial charge in [0.1, 0.15) is 10.7 Å². The van der Waals surface area contributed by atoms with Gasteiger partial charge >= 0.3 is 0 Å². The molecular formula is C15H19FN4OS. The van der Waals surface area contributed by atoms with Gasteiger partial charge in [0.15, 0.2) is 0 Å². The van der Waals surface area contributed by atoms with Crippen LogP contribution in [-0.2, 0) is 6.42 Å². The molecule has 118 valence electrons. The van der Waals surface area contributed by atoms with E-state index in [4.69, 9.17) is 0 Å². The Kier molecular flexibility index (Phi) is 5.57. The summed E-state index contributed by atoms with van der Waals surface area (Å²) in [6.45, 7) is 2.32. The monoisotopic (exact) mass is 322 g/mol. The van der Waals surface area contributed by atoms with Gasteiger partial charge in [0, 0.05) is 6.54 Å². The third-order valence-corrected chi connectivity index (χ3v) is 4.18. The second-order valence-electron chi connectivity index (χ2n) is 5.15. The maximum absolute atomic E-state index is 13.4. The summed E-state index contributed by atoms with van der Waals surface area (Å²) in [5.74, 6) is -0.467. The van der Waals surface area contributed by atoms with Gasteiger partial charge in [-0.05, 0) is 49.7 Å². The van der Waals surface area contributed by atoms with Crippen molar-refractivity contribution in [1.82, 2.24) is 19.8 Å². The second kappa shape index (κ2) is 7.42. The van der Waals surface area contributed by atoms with Gasteiger partial charge in [-0.1, -0.05) is 23.5 Å². The van der Waals surface area contributed by atoms with Crippen molar-refractivity contribution in [2.75, 3.05) is 20.6 Å². The fraction of sp³-hybridized carbons (Fsp3) is 0.400. The predicted molar refractivity (Wildman–Crippen MR) is 84.4 cm³/mol. The van der Waals surface area contributed by atoms with Gasteiger partial charge in [-0.25, -0.2) is 4.39 Å². The molecule has 0 aliphatic carbocycles. The quantitative estimate of drug-likeness (QED) is 0.886. The first kappa shape index (κ1) is 16.5. The lowest BCUT2D eigenvalue weighted by Crippen LogP contribution is -2.34. The van der Waals surface area contributed by atoms with E-state index in [-0.39, 0.29) is 17.8 Å². The number of nitrogens with zero attached hydrogens (tertiary/aromatic N) is 3.